The Hall–Kier alpha value is -0.0500. The van der Waals surface area contributed by atoms with Gasteiger partial charge in [-0.15, -0.1) is 0 Å². The molecule has 2 aliphatic carbocycles. The van der Waals surface area contributed by atoms with Gasteiger partial charge in [-0.3, -0.25) is 4.79 Å². The molecule has 92 valence electrons. The molecule has 0 saturated heterocycles. The van der Waals surface area contributed by atoms with E-state index >= 15 is 0 Å². The number of rotatable bonds is 4. The van der Waals surface area contributed by atoms with Crippen LogP contribution in [0.2, 0.25) is 0 Å². The number of nitrogens with one attached hydrogen (secondary N) is 1. The Labute approximate surface area is 107 Å². The molecule has 2 nitrogen and oxygen atoms in total. The van der Waals surface area contributed by atoms with Gasteiger partial charge in [0.1, 0.15) is 0 Å². The summed E-state index contributed by atoms with van der Waals surface area (Å²) in [5.41, 5.74) is -0.0705. The molecule has 1 amide bonds. The van der Waals surface area contributed by atoms with Crippen molar-refractivity contribution in [2.45, 2.75) is 51.5 Å². The fraction of sp³-hybridized carbons (Fsp3) is 0.923. The van der Waals surface area contributed by atoms with Crippen LogP contribution in [-0.4, -0.2) is 16.8 Å². The minimum Gasteiger partial charge on any atom is -0.350 e. The lowest BCUT2D eigenvalue weighted by molar-refractivity contribution is -0.128. The van der Waals surface area contributed by atoms with Crippen molar-refractivity contribution in [2.75, 3.05) is 5.33 Å². The van der Waals surface area contributed by atoms with E-state index in [0.29, 0.717) is 17.7 Å². The highest BCUT2D eigenvalue weighted by Crippen LogP contribution is 2.48. The molecule has 0 radical (unpaired) electrons. The number of hydrogen-bond donors (Lipinski definition) is 1. The molecule has 0 heterocycles. The van der Waals surface area contributed by atoms with Crippen LogP contribution in [0.3, 0.4) is 0 Å². The SMILES string of the molecule is CCC(C)(CBr)NC(=O)C1CC2CCC1C2. The molecule has 0 aromatic rings. The molecule has 2 aliphatic rings. The molecule has 0 aliphatic heterocycles. The quantitative estimate of drug-likeness (QED) is 0.791. The molecule has 0 spiro atoms. The molecule has 2 saturated carbocycles. The summed E-state index contributed by atoms with van der Waals surface area (Å²) in [6, 6.07) is 0. The van der Waals surface area contributed by atoms with Crippen molar-refractivity contribution < 1.29 is 4.79 Å². The molecular formula is C13H22BrNO. The standard InChI is InChI=1S/C13H22BrNO/c1-3-13(2,8-14)15-12(16)11-7-9-4-5-10(11)6-9/h9-11H,3-8H2,1-2H3,(H,15,16). The first-order chi connectivity index (χ1) is 7.58. The van der Waals surface area contributed by atoms with Crippen molar-refractivity contribution in [3.63, 3.8) is 0 Å². The number of fused-ring (bicyclic) bond motifs is 2. The van der Waals surface area contributed by atoms with Gasteiger partial charge < -0.3 is 5.32 Å². The van der Waals surface area contributed by atoms with E-state index < -0.39 is 0 Å². The van der Waals surface area contributed by atoms with E-state index in [1.165, 1.54) is 19.3 Å². The lowest BCUT2D eigenvalue weighted by Gasteiger charge is -2.31. The molecule has 2 fully saturated rings. The minimum atomic E-state index is -0.0705. The Bertz CT molecular complexity index is 275. The maximum absolute atomic E-state index is 12.2. The molecule has 4 unspecified atom stereocenters. The Morgan fingerprint density at radius 3 is 2.62 bits per heavy atom. The molecular weight excluding hydrogens is 266 g/mol. The molecule has 2 bridgehead atoms. The van der Waals surface area contributed by atoms with Crippen LogP contribution >= 0.6 is 15.9 Å². The third-order valence-electron chi connectivity index (χ3n) is 4.58. The summed E-state index contributed by atoms with van der Waals surface area (Å²) in [5, 5.41) is 4.07. The van der Waals surface area contributed by atoms with Gasteiger partial charge in [-0.2, -0.15) is 0 Å². The van der Waals surface area contributed by atoms with Crippen LogP contribution in [0.25, 0.3) is 0 Å². The van der Waals surface area contributed by atoms with Gasteiger partial charge in [-0.25, -0.2) is 0 Å². The van der Waals surface area contributed by atoms with E-state index in [0.717, 1.165) is 24.1 Å². The van der Waals surface area contributed by atoms with Crippen molar-refractivity contribution >= 4 is 21.8 Å². The van der Waals surface area contributed by atoms with Crippen LogP contribution < -0.4 is 5.32 Å². The van der Waals surface area contributed by atoms with Gasteiger partial charge in [0.25, 0.3) is 0 Å². The highest BCUT2D eigenvalue weighted by atomic mass is 79.9. The van der Waals surface area contributed by atoms with Crippen molar-refractivity contribution in [1.82, 2.24) is 5.32 Å². The summed E-state index contributed by atoms with van der Waals surface area (Å²) in [6.45, 7) is 4.25. The summed E-state index contributed by atoms with van der Waals surface area (Å²) in [5.74, 6) is 2.14. The fourth-order valence-corrected chi connectivity index (χ4v) is 3.71. The summed E-state index contributed by atoms with van der Waals surface area (Å²) in [4.78, 5) is 12.2. The Kier molecular flexibility index (Phi) is 3.62. The first kappa shape index (κ1) is 12.4. The van der Waals surface area contributed by atoms with Crippen LogP contribution in [0, 0.1) is 17.8 Å². The van der Waals surface area contributed by atoms with Crippen LogP contribution in [0.4, 0.5) is 0 Å². The highest BCUT2D eigenvalue weighted by molar-refractivity contribution is 9.09. The average molecular weight is 288 g/mol. The van der Waals surface area contributed by atoms with Crippen LogP contribution in [0.1, 0.15) is 46.0 Å². The zero-order valence-corrected chi connectivity index (χ0v) is 11.8. The number of carbonyl (C=O) groups is 1. The van der Waals surface area contributed by atoms with E-state index in [1.807, 2.05) is 0 Å². The molecule has 4 atom stereocenters. The van der Waals surface area contributed by atoms with Crippen molar-refractivity contribution in [2.24, 2.45) is 17.8 Å². The first-order valence-corrected chi connectivity index (χ1v) is 7.58. The molecule has 0 aromatic heterocycles. The average Bonchev–Trinajstić information content (AvgIpc) is 2.90. The Balaban J connectivity index is 1.93. The monoisotopic (exact) mass is 287 g/mol. The molecule has 1 N–H and O–H groups in total. The zero-order valence-electron chi connectivity index (χ0n) is 10.3. The van der Waals surface area contributed by atoms with Crippen molar-refractivity contribution in [3.8, 4) is 0 Å². The third kappa shape index (κ3) is 2.29. The second kappa shape index (κ2) is 4.67. The number of halogens is 1. The van der Waals surface area contributed by atoms with E-state index in [1.54, 1.807) is 0 Å². The summed E-state index contributed by atoms with van der Waals surface area (Å²) >= 11 is 3.50. The summed E-state index contributed by atoms with van der Waals surface area (Å²) in [6.07, 6.45) is 6.05. The van der Waals surface area contributed by atoms with Crippen LogP contribution in [0.5, 0.6) is 0 Å². The molecule has 3 heteroatoms. The maximum atomic E-state index is 12.2. The van der Waals surface area contributed by atoms with Crippen LogP contribution in [0.15, 0.2) is 0 Å². The van der Waals surface area contributed by atoms with Gasteiger partial charge in [0.2, 0.25) is 5.91 Å². The summed E-state index contributed by atoms with van der Waals surface area (Å²) < 4.78 is 0. The van der Waals surface area contributed by atoms with Crippen molar-refractivity contribution in [1.29, 1.82) is 0 Å². The number of amides is 1. The van der Waals surface area contributed by atoms with Crippen molar-refractivity contribution in [3.05, 3.63) is 0 Å². The van der Waals surface area contributed by atoms with E-state index in [9.17, 15) is 4.79 Å². The smallest absolute Gasteiger partial charge is 0.223 e. The fourth-order valence-electron chi connectivity index (χ4n) is 3.17. The van der Waals surface area contributed by atoms with E-state index in [4.69, 9.17) is 0 Å². The Morgan fingerprint density at radius 2 is 2.19 bits per heavy atom. The van der Waals surface area contributed by atoms with Gasteiger partial charge in [-0.1, -0.05) is 29.3 Å². The third-order valence-corrected chi connectivity index (χ3v) is 5.81. The number of hydrogen-bond acceptors (Lipinski definition) is 1. The Morgan fingerprint density at radius 1 is 1.44 bits per heavy atom. The zero-order chi connectivity index (χ0) is 11.8. The van der Waals surface area contributed by atoms with Crippen LogP contribution in [-0.2, 0) is 4.79 Å². The largest absolute Gasteiger partial charge is 0.350 e. The van der Waals surface area contributed by atoms with Gasteiger partial charge >= 0.3 is 0 Å². The second-order valence-corrected chi connectivity index (χ2v) is 6.38. The molecule has 0 aromatic carbocycles. The van der Waals surface area contributed by atoms with Gasteiger partial charge in [0, 0.05) is 16.8 Å². The van der Waals surface area contributed by atoms with E-state index in [2.05, 4.69) is 35.1 Å². The van der Waals surface area contributed by atoms with Gasteiger partial charge in [0.15, 0.2) is 0 Å². The molecule has 16 heavy (non-hydrogen) atoms. The highest BCUT2D eigenvalue weighted by Gasteiger charge is 2.44. The van der Waals surface area contributed by atoms with Gasteiger partial charge in [0.05, 0.1) is 0 Å². The minimum absolute atomic E-state index is 0.0705. The maximum Gasteiger partial charge on any atom is 0.223 e. The predicted octanol–water partition coefficient (Wildman–Crippen LogP) is 3.10. The lowest BCUT2D eigenvalue weighted by Crippen LogP contribution is -2.50. The normalized spacial score (nSPS) is 36.1. The van der Waals surface area contributed by atoms with Gasteiger partial charge in [-0.05, 0) is 44.4 Å². The summed E-state index contributed by atoms with van der Waals surface area (Å²) in [7, 11) is 0. The molecule has 2 rings (SSSR count). The lowest BCUT2D eigenvalue weighted by atomic mass is 9.87. The number of carbonyl (C=O) groups excluding carboxylic acids is 1. The number of alkyl halides is 1. The van der Waals surface area contributed by atoms with E-state index in [-0.39, 0.29) is 5.54 Å². The predicted molar refractivity (Wildman–Crippen MR) is 69.6 cm³/mol. The second-order valence-electron chi connectivity index (χ2n) is 5.82. The first-order valence-electron chi connectivity index (χ1n) is 6.46. The topological polar surface area (TPSA) is 29.1 Å².